The lowest BCUT2D eigenvalue weighted by Gasteiger charge is -2.04. The third kappa shape index (κ3) is 1.20. The Morgan fingerprint density at radius 3 is 2.92 bits per heavy atom. The van der Waals surface area contributed by atoms with Gasteiger partial charge < -0.3 is 14.9 Å². The smallest absolute Gasteiger partial charge is 0.345 e. The Labute approximate surface area is 74.4 Å². The Balaban J connectivity index is 2.35. The summed E-state index contributed by atoms with van der Waals surface area (Å²) in [6.07, 6.45) is -0.540. The maximum atomic E-state index is 10.6. The molecule has 0 spiro atoms. The van der Waals surface area contributed by atoms with Gasteiger partial charge >= 0.3 is 5.97 Å². The molecule has 0 aliphatic carbocycles. The second-order valence-electron chi connectivity index (χ2n) is 2.91. The fraction of sp³-hybridized carbons (Fsp3) is 0.222. The second kappa shape index (κ2) is 2.65. The first-order valence-corrected chi connectivity index (χ1v) is 3.89. The van der Waals surface area contributed by atoms with Gasteiger partial charge in [-0.15, -0.1) is 0 Å². The van der Waals surface area contributed by atoms with Crippen molar-refractivity contribution in [3.8, 4) is 11.5 Å². The minimum Gasteiger partial charge on any atom is -0.504 e. The number of carboxylic acids is 1. The molecule has 0 unspecified atom stereocenters. The van der Waals surface area contributed by atoms with Crippen LogP contribution in [-0.2, 0) is 11.2 Å². The summed E-state index contributed by atoms with van der Waals surface area (Å²) < 4.78 is 5.05. The molecule has 0 radical (unpaired) electrons. The van der Waals surface area contributed by atoms with E-state index in [1.165, 1.54) is 6.07 Å². The van der Waals surface area contributed by atoms with Crippen molar-refractivity contribution in [1.82, 2.24) is 0 Å². The van der Waals surface area contributed by atoms with Crippen molar-refractivity contribution < 1.29 is 19.7 Å². The summed E-state index contributed by atoms with van der Waals surface area (Å²) in [4.78, 5) is 10.6. The van der Waals surface area contributed by atoms with Crippen molar-refractivity contribution >= 4 is 5.97 Å². The molecule has 0 saturated carbocycles. The molecule has 0 aromatic heterocycles. The fourth-order valence-electron chi connectivity index (χ4n) is 1.39. The molecule has 2 rings (SSSR count). The Bertz CT molecular complexity index is 359. The highest BCUT2D eigenvalue weighted by molar-refractivity contribution is 5.75. The van der Waals surface area contributed by atoms with Gasteiger partial charge in [0.05, 0.1) is 0 Å². The van der Waals surface area contributed by atoms with Gasteiger partial charge in [-0.3, -0.25) is 0 Å². The summed E-state index contributed by atoms with van der Waals surface area (Å²) in [7, 11) is 0. The maximum absolute atomic E-state index is 10.6. The van der Waals surface area contributed by atoms with Crippen LogP contribution < -0.4 is 4.74 Å². The first-order valence-electron chi connectivity index (χ1n) is 3.89. The highest BCUT2D eigenvalue weighted by Gasteiger charge is 2.30. The zero-order chi connectivity index (χ0) is 9.42. The molecule has 1 atom stereocenters. The van der Waals surface area contributed by atoms with Gasteiger partial charge in [-0.1, -0.05) is 12.1 Å². The standard InChI is InChI=1S/C9H8O4/c10-6-3-1-2-5-4-7(9(11)12)13-8(5)6/h1-3,7,10H,4H2,(H,11,12)/t7-/m0/s1. The Hall–Kier alpha value is -1.71. The highest BCUT2D eigenvalue weighted by Crippen LogP contribution is 2.36. The van der Waals surface area contributed by atoms with E-state index in [0.29, 0.717) is 12.2 Å². The van der Waals surface area contributed by atoms with Crippen LogP contribution in [0.4, 0.5) is 0 Å². The number of phenols is 1. The molecule has 1 aliphatic heterocycles. The molecule has 0 amide bonds. The fourth-order valence-corrected chi connectivity index (χ4v) is 1.39. The number of para-hydroxylation sites is 1. The van der Waals surface area contributed by atoms with Gasteiger partial charge in [0.1, 0.15) is 0 Å². The lowest BCUT2D eigenvalue weighted by Crippen LogP contribution is -2.24. The number of carboxylic acid groups (broad SMARTS) is 1. The third-order valence-electron chi connectivity index (χ3n) is 2.02. The number of carbonyl (C=O) groups is 1. The average molecular weight is 180 g/mol. The number of ether oxygens (including phenoxy) is 1. The van der Waals surface area contributed by atoms with Gasteiger partial charge in [0.15, 0.2) is 17.6 Å². The molecule has 0 fully saturated rings. The van der Waals surface area contributed by atoms with Crippen molar-refractivity contribution in [2.75, 3.05) is 0 Å². The van der Waals surface area contributed by atoms with E-state index in [2.05, 4.69) is 0 Å². The minimum atomic E-state index is -1.00. The van der Waals surface area contributed by atoms with Gasteiger partial charge in [0, 0.05) is 12.0 Å². The van der Waals surface area contributed by atoms with Crippen molar-refractivity contribution in [2.24, 2.45) is 0 Å². The van der Waals surface area contributed by atoms with Crippen LogP contribution in [0.2, 0.25) is 0 Å². The van der Waals surface area contributed by atoms with Gasteiger partial charge in [-0.05, 0) is 6.07 Å². The average Bonchev–Trinajstić information content (AvgIpc) is 2.49. The van der Waals surface area contributed by atoms with Crippen molar-refractivity contribution in [3.05, 3.63) is 23.8 Å². The van der Waals surface area contributed by atoms with E-state index < -0.39 is 12.1 Å². The predicted octanol–water partition coefficient (Wildman–Crippen LogP) is 0.780. The molecule has 0 bridgehead atoms. The van der Waals surface area contributed by atoms with Crippen LogP contribution >= 0.6 is 0 Å². The van der Waals surface area contributed by atoms with Crippen molar-refractivity contribution in [2.45, 2.75) is 12.5 Å². The Morgan fingerprint density at radius 1 is 1.54 bits per heavy atom. The van der Waals surface area contributed by atoms with Crippen LogP contribution in [0.1, 0.15) is 5.56 Å². The normalized spacial score (nSPS) is 19.2. The van der Waals surface area contributed by atoms with Gasteiger partial charge in [-0.2, -0.15) is 0 Å². The summed E-state index contributed by atoms with van der Waals surface area (Å²) >= 11 is 0. The number of benzene rings is 1. The second-order valence-corrected chi connectivity index (χ2v) is 2.91. The van der Waals surface area contributed by atoms with E-state index >= 15 is 0 Å². The first-order chi connectivity index (χ1) is 6.18. The zero-order valence-electron chi connectivity index (χ0n) is 6.73. The summed E-state index contributed by atoms with van der Waals surface area (Å²) in [5, 5.41) is 18.0. The number of hydrogen-bond acceptors (Lipinski definition) is 3. The van der Waals surface area contributed by atoms with Crippen molar-refractivity contribution in [3.63, 3.8) is 0 Å². The summed E-state index contributed by atoms with van der Waals surface area (Å²) in [5.74, 6) is -0.702. The van der Waals surface area contributed by atoms with Crippen LogP contribution in [0.3, 0.4) is 0 Å². The molecule has 1 aromatic carbocycles. The molecule has 1 aliphatic rings. The van der Waals surface area contributed by atoms with E-state index in [-0.39, 0.29) is 5.75 Å². The number of rotatable bonds is 1. The SMILES string of the molecule is O=C(O)[C@@H]1Cc2cccc(O)c2O1. The molecule has 13 heavy (non-hydrogen) atoms. The molecule has 4 nitrogen and oxygen atoms in total. The number of aliphatic carboxylic acids is 1. The molecule has 1 heterocycles. The number of fused-ring (bicyclic) bond motifs is 1. The molecule has 1 aromatic rings. The summed E-state index contributed by atoms with van der Waals surface area (Å²) in [6, 6.07) is 4.89. The molecule has 2 N–H and O–H groups in total. The number of phenolic OH excluding ortho intramolecular Hbond substituents is 1. The number of aromatic hydroxyl groups is 1. The molecular formula is C9H8O4. The number of hydrogen-bond donors (Lipinski definition) is 2. The summed E-state index contributed by atoms with van der Waals surface area (Å²) in [6.45, 7) is 0. The zero-order valence-corrected chi connectivity index (χ0v) is 6.73. The van der Waals surface area contributed by atoms with E-state index in [4.69, 9.17) is 9.84 Å². The lowest BCUT2D eigenvalue weighted by atomic mass is 10.1. The van der Waals surface area contributed by atoms with E-state index in [0.717, 1.165) is 5.56 Å². The Morgan fingerprint density at radius 2 is 2.31 bits per heavy atom. The van der Waals surface area contributed by atoms with E-state index in [9.17, 15) is 9.90 Å². The lowest BCUT2D eigenvalue weighted by molar-refractivity contribution is -0.144. The van der Waals surface area contributed by atoms with Crippen LogP contribution in [0.25, 0.3) is 0 Å². The van der Waals surface area contributed by atoms with E-state index in [1.807, 2.05) is 0 Å². The highest BCUT2D eigenvalue weighted by atomic mass is 16.5. The Kier molecular flexibility index (Phi) is 1.62. The quantitative estimate of drug-likeness (QED) is 0.670. The minimum absolute atomic E-state index is 0.00116. The van der Waals surface area contributed by atoms with Crippen LogP contribution in [0.15, 0.2) is 18.2 Å². The monoisotopic (exact) mass is 180 g/mol. The van der Waals surface area contributed by atoms with E-state index in [1.54, 1.807) is 12.1 Å². The first kappa shape index (κ1) is 7.91. The maximum Gasteiger partial charge on any atom is 0.345 e. The topological polar surface area (TPSA) is 66.8 Å². The van der Waals surface area contributed by atoms with Crippen LogP contribution in [0, 0.1) is 0 Å². The molecule has 0 saturated heterocycles. The van der Waals surface area contributed by atoms with Gasteiger partial charge in [0.25, 0.3) is 0 Å². The molecule has 4 heteroatoms. The molecular weight excluding hydrogens is 172 g/mol. The predicted molar refractivity (Wildman–Crippen MR) is 43.9 cm³/mol. The van der Waals surface area contributed by atoms with Gasteiger partial charge in [0.2, 0.25) is 0 Å². The van der Waals surface area contributed by atoms with Gasteiger partial charge in [-0.25, -0.2) is 4.79 Å². The largest absolute Gasteiger partial charge is 0.504 e. The summed E-state index contributed by atoms with van der Waals surface area (Å²) in [5.41, 5.74) is 0.743. The third-order valence-corrected chi connectivity index (χ3v) is 2.02. The molecule has 68 valence electrons. The van der Waals surface area contributed by atoms with Crippen molar-refractivity contribution in [1.29, 1.82) is 0 Å². The van der Waals surface area contributed by atoms with Crippen LogP contribution in [0.5, 0.6) is 11.5 Å². The van der Waals surface area contributed by atoms with Crippen LogP contribution in [-0.4, -0.2) is 22.3 Å².